The number of anilines is 1. The molecule has 3 rings (SSSR count). The highest BCUT2D eigenvalue weighted by atomic mass is 19.1. The first kappa shape index (κ1) is 12.7. The second-order valence-corrected chi connectivity index (χ2v) is 5.07. The Morgan fingerprint density at radius 2 is 1.95 bits per heavy atom. The third-order valence-corrected chi connectivity index (χ3v) is 3.59. The monoisotopic (exact) mass is 270 g/mol. The Labute approximate surface area is 116 Å². The Morgan fingerprint density at radius 1 is 1.20 bits per heavy atom. The fourth-order valence-corrected chi connectivity index (χ4v) is 2.36. The van der Waals surface area contributed by atoms with E-state index in [-0.39, 0.29) is 17.6 Å². The average Bonchev–Trinajstić information content (AvgIpc) is 3.22. The van der Waals surface area contributed by atoms with Gasteiger partial charge in [-0.2, -0.15) is 0 Å². The quantitative estimate of drug-likeness (QED) is 0.842. The van der Waals surface area contributed by atoms with Gasteiger partial charge in [0.1, 0.15) is 5.82 Å². The van der Waals surface area contributed by atoms with Crippen LogP contribution in [0.2, 0.25) is 0 Å². The molecule has 1 fully saturated rings. The molecule has 1 aliphatic carbocycles. The lowest BCUT2D eigenvalue weighted by Crippen LogP contribution is -2.26. The normalized spacial score (nSPS) is 20.4. The van der Waals surface area contributed by atoms with Crippen LogP contribution in [0.4, 0.5) is 10.1 Å². The summed E-state index contributed by atoms with van der Waals surface area (Å²) in [5.74, 6) is -0.340. The number of hydrogen-bond acceptors (Lipinski definition) is 2. The van der Waals surface area contributed by atoms with E-state index in [9.17, 15) is 9.18 Å². The summed E-state index contributed by atoms with van der Waals surface area (Å²) in [7, 11) is 0. The lowest BCUT2D eigenvalue weighted by atomic mass is 10.1. The van der Waals surface area contributed by atoms with Crippen molar-refractivity contribution in [2.45, 2.75) is 18.4 Å². The number of nitrogens with one attached hydrogen (secondary N) is 1. The molecule has 4 heteroatoms. The van der Waals surface area contributed by atoms with E-state index in [0.29, 0.717) is 11.5 Å². The van der Waals surface area contributed by atoms with E-state index in [1.165, 1.54) is 23.8 Å². The van der Waals surface area contributed by atoms with Crippen LogP contribution in [0.1, 0.15) is 28.3 Å². The maximum Gasteiger partial charge on any atom is 0.251 e. The summed E-state index contributed by atoms with van der Waals surface area (Å²) >= 11 is 0. The van der Waals surface area contributed by atoms with E-state index in [2.05, 4.69) is 17.4 Å². The minimum atomic E-state index is -0.505. The highest BCUT2D eigenvalue weighted by Gasteiger charge is 2.39. The molecule has 0 bridgehead atoms. The largest absolute Gasteiger partial charge is 0.396 e. The Hall–Kier alpha value is -2.36. The van der Waals surface area contributed by atoms with E-state index >= 15 is 0 Å². The summed E-state index contributed by atoms with van der Waals surface area (Å²) in [5.41, 5.74) is 7.09. The van der Waals surface area contributed by atoms with Crippen LogP contribution in [-0.4, -0.2) is 11.9 Å². The van der Waals surface area contributed by atoms with Gasteiger partial charge in [0.15, 0.2) is 0 Å². The minimum absolute atomic E-state index is 0.00643. The van der Waals surface area contributed by atoms with Crippen molar-refractivity contribution in [3.63, 3.8) is 0 Å². The molecule has 102 valence electrons. The molecule has 0 spiro atoms. The van der Waals surface area contributed by atoms with Crippen LogP contribution in [0.3, 0.4) is 0 Å². The summed E-state index contributed by atoms with van der Waals surface area (Å²) < 4.78 is 13.1. The Morgan fingerprint density at radius 3 is 2.65 bits per heavy atom. The molecule has 3 nitrogen and oxygen atoms in total. The molecular weight excluding hydrogens is 255 g/mol. The van der Waals surface area contributed by atoms with Crippen LogP contribution in [0, 0.1) is 5.82 Å². The Kier molecular flexibility index (Phi) is 3.14. The smallest absolute Gasteiger partial charge is 0.251 e. The zero-order valence-corrected chi connectivity index (χ0v) is 10.8. The van der Waals surface area contributed by atoms with Crippen molar-refractivity contribution in [3.05, 3.63) is 65.5 Å². The van der Waals surface area contributed by atoms with E-state index in [1.807, 2.05) is 18.2 Å². The average molecular weight is 270 g/mol. The Balaban J connectivity index is 1.65. The summed E-state index contributed by atoms with van der Waals surface area (Å²) in [5, 5.41) is 2.95. The molecule has 0 aromatic heterocycles. The molecule has 0 heterocycles. The molecule has 2 aromatic carbocycles. The number of nitrogens with two attached hydrogens (primary N) is 1. The van der Waals surface area contributed by atoms with Gasteiger partial charge >= 0.3 is 0 Å². The molecule has 20 heavy (non-hydrogen) atoms. The van der Waals surface area contributed by atoms with Gasteiger partial charge in [-0.05, 0) is 30.2 Å². The van der Waals surface area contributed by atoms with Gasteiger partial charge in [0.2, 0.25) is 0 Å². The van der Waals surface area contributed by atoms with Gasteiger partial charge in [0, 0.05) is 17.5 Å². The van der Waals surface area contributed by atoms with Gasteiger partial charge in [-0.25, -0.2) is 4.39 Å². The Bertz CT molecular complexity index is 642. The SMILES string of the molecule is Nc1cc(C(=O)NC2CC2c2ccccc2)ccc1F. The summed E-state index contributed by atoms with van der Waals surface area (Å²) in [6.45, 7) is 0. The topological polar surface area (TPSA) is 55.1 Å². The van der Waals surface area contributed by atoms with Crippen molar-refractivity contribution in [1.29, 1.82) is 0 Å². The number of carbonyl (C=O) groups is 1. The molecule has 0 radical (unpaired) electrons. The second-order valence-electron chi connectivity index (χ2n) is 5.07. The number of carbonyl (C=O) groups excluding carboxylic acids is 1. The number of rotatable bonds is 3. The zero-order valence-electron chi connectivity index (χ0n) is 10.8. The van der Waals surface area contributed by atoms with Crippen molar-refractivity contribution < 1.29 is 9.18 Å². The number of amides is 1. The highest BCUT2D eigenvalue weighted by molar-refractivity contribution is 5.95. The van der Waals surface area contributed by atoms with Crippen LogP contribution in [0.25, 0.3) is 0 Å². The third-order valence-electron chi connectivity index (χ3n) is 3.59. The van der Waals surface area contributed by atoms with Crippen molar-refractivity contribution in [2.24, 2.45) is 0 Å². The number of benzene rings is 2. The summed E-state index contributed by atoms with van der Waals surface area (Å²) in [6.07, 6.45) is 0.937. The van der Waals surface area contributed by atoms with Gasteiger partial charge in [0.05, 0.1) is 5.69 Å². The maximum absolute atomic E-state index is 13.1. The van der Waals surface area contributed by atoms with Crippen molar-refractivity contribution in [3.8, 4) is 0 Å². The van der Waals surface area contributed by atoms with Crippen LogP contribution in [0.15, 0.2) is 48.5 Å². The summed E-state index contributed by atoms with van der Waals surface area (Å²) in [6, 6.07) is 14.3. The van der Waals surface area contributed by atoms with Gasteiger partial charge in [-0.1, -0.05) is 30.3 Å². The molecule has 1 aliphatic rings. The van der Waals surface area contributed by atoms with Crippen molar-refractivity contribution in [2.75, 3.05) is 5.73 Å². The number of halogens is 1. The van der Waals surface area contributed by atoms with E-state index in [4.69, 9.17) is 5.73 Å². The number of hydrogen-bond donors (Lipinski definition) is 2. The fraction of sp³-hybridized carbons (Fsp3) is 0.188. The standard InChI is InChI=1S/C16H15FN2O/c17-13-7-6-11(8-14(13)18)16(20)19-15-9-12(15)10-4-2-1-3-5-10/h1-8,12,15H,9,18H2,(H,19,20). The molecule has 2 atom stereocenters. The molecular formula is C16H15FN2O. The predicted molar refractivity (Wildman–Crippen MR) is 75.9 cm³/mol. The summed E-state index contributed by atoms with van der Waals surface area (Å²) in [4.78, 5) is 12.0. The van der Waals surface area contributed by atoms with Gasteiger partial charge in [-0.3, -0.25) is 4.79 Å². The first-order valence-corrected chi connectivity index (χ1v) is 6.56. The lowest BCUT2D eigenvalue weighted by Gasteiger charge is -2.06. The van der Waals surface area contributed by atoms with Crippen LogP contribution < -0.4 is 11.1 Å². The van der Waals surface area contributed by atoms with Crippen molar-refractivity contribution >= 4 is 11.6 Å². The zero-order chi connectivity index (χ0) is 14.1. The third kappa shape index (κ3) is 2.50. The first-order valence-electron chi connectivity index (χ1n) is 6.56. The van der Waals surface area contributed by atoms with Gasteiger partial charge in [-0.15, -0.1) is 0 Å². The molecule has 2 aromatic rings. The van der Waals surface area contributed by atoms with E-state index in [1.54, 1.807) is 0 Å². The van der Waals surface area contributed by atoms with Crippen LogP contribution in [0.5, 0.6) is 0 Å². The van der Waals surface area contributed by atoms with Gasteiger partial charge < -0.3 is 11.1 Å². The maximum atomic E-state index is 13.1. The van der Waals surface area contributed by atoms with E-state index in [0.717, 1.165) is 6.42 Å². The minimum Gasteiger partial charge on any atom is -0.396 e. The lowest BCUT2D eigenvalue weighted by molar-refractivity contribution is 0.0950. The molecule has 2 unspecified atom stereocenters. The first-order chi connectivity index (χ1) is 9.65. The fourth-order valence-electron chi connectivity index (χ4n) is 2.36. The predicted octanol–water partition coefficient (Wildman–Crippen LogP) is 2.69. The van der Waals surface area contributed by atoms with Crippen molar-refractivity contribution in [1.82, 2.24) is 5.32 Å². The molecule has 1 amide bonds. The van der Waals surface area contributed by atoms with Gasteiger partial charge in [0.25, 0.3) is 5.91 Å². The molecule has 1 saturated carbocycles. The molecule has 3 N–H and O–H groups in total. The molecule has 0 saturated heterocycles. The highest BCUT2D eigenvalue weighted by Crippen LogP contribution is 2.40. The van der Waals surface area contributed by atoms with E-state index < -0.39 is 5.82 Å². The number of nitrogen functional groups attached to an aromatic ring is 1. The second kappa shape index (κ2) is 4.96. The molecule has 0 aliphatic heterocycles. The van der Waals surface area contributed by atoms with Crippen LogP contribution >= 0.6 is 0 Å². The van der Waals surface area contributed by atoms with Crippen LogP contribution in [-0.2, 0) is 0 Å².